The van der Waals surface area contributed by atoms with E-state index in [-0.39, 0.29) is 5.38 Å². The van der Waals surface area contributed by atoms with Gasteiger partial charge in [0.25, 0.3) is 0 Å². The SMILES string of the molecule is Cc1ccc(CC(Cl)c2ccc3ccccc3c2)nc1. The van der Waals surface area contributed by atoms with Gasteiger partial charge >= 0.3 is 0 Å². The van der Waals surface area contributed by atoms with Crippen molar-refractivity contribution in [1.29, 1.82) is 0 Å². The maximum atomic E-state index is 6.54. The van der Waals surface area contributed by atoms with Crippen LogP contribution in [0.4, 0.5) is 0 Å². The van der Waals surface area contributed by atoms with Crippen LogP contribution >= 0.6 is 11.6 Å². The van der Waals surface area contributed by atoms with Crippen LogP contribution in [0.1, 0.15) is 22.2 Å². The molecule has 3 rings (SSSR count). The van der Waals surface area contributed by atoms with Crippen molar-refractivity contribution in [1.82, 2.24) is 4.98 Å². The molecule has 2 aromatic carbocycles. The molecule has 0 aliphatic rings. The molecule has 100 valence electrons. The lowest BCUT2D eigenvalue weighted by atomic mass is 10.0. The average Bonchev–Trinajstić information content (AvgIpc) is 2.49. The lowest BCUT2D eigenvalue weighted by molar-refractivity contribution is 0.880. The summed E-state index contributed by atoms with van der Waals surface area (Å²) in [5, 5.41) is 2.43. The predicted molar refractivity (Wildman–Crippen MR) is 85.2 cm³/mol. The average molecular weight is 282 g/mol. The Hall–Kier alpha value is -1.86. The lowest BCUT2D eigenvalue weighted by Crippen LogP contribution is -1.98. The minimum atomic E-state index is -0.0465. The normalized spacial score (nSPS) is 12.5. The largest absolute Gasteiger partial charge is 0.261 e. The number of hydrogen-bond donors (Lipinski definition) is 0. The van der Waals surface area contributed by atoms with Crippen LogP contribution in [0.5, 0.6) is 0 Å². The number of rotatable bonds is 3. The van der Waals surface area contributed by atoms with Gasteiger partial charge in [-0.05, 0) is 41.0 Å². The topological polar surface area (TPSA) is 12.9 Å². The van der Waals surface area contributed by atoms with Crippen LogP contribution in [0.3, 0.4) is 0 Å². The van der Waals surface area contributed by atoms with E-state index in [0.29, 0.717) is 0 Å². The van der Waals surface area contributed by atoms with E-state index in [9.17, 15) is 0 Å². The fraction of sp³-hybridized carbons (Fsp3) is 0.167. The maximum Gasteiger partial charge on any atom is 0.0640 e. The second-order valence-corrected chi connectivity index (χ2v) is 5.63. The number of alkyl halides is 1. The van der Waals surface area contributed by atoms with E-state index in [1.54, 1.807) is 0 Å². The van der Waals surface area contributed by atoms with E-state index in [4.69, 9.17) is 11.6 Å². The van der Waals surface area contributed by atoms with Gasteiger partial charge < -0.3 is 0 Å². The molecule has 0 N–H and O–H groups in total. The number of nitrogens with zero attached hydrogens (tertiary/aromatic N) is 1. The quantitative estimate of drug-likeness (QED) is 0.611. The van der Waals surface area contributed by atoms with Crippen molar-refractivity contribution in [3.8, 4) is 0 Å². The fourth-order valence-corrected chi connectivity index (χ4v) is 2.62. The number of hydrogen-bond acceptors (Lipinski definition) is 1. The summed E-state index contributed by atoms with van der Waals surface area (Å²) in [4.78, 5) is 4.42. The van der Waals surface area contributed by atoms with Gasteiger partial charge in [-0.15, -0.1) is 11.6 Å². The molecular weight excluding hydrogens is 266 g/mol. The number of halogens is 1. The van der Waals surface area contributed by atoms with Crippen LogP contribution in [-0.4, -0.2) is 4.98 Å². The van der Waals surface area contributed by atoms with Crippen molar-refractivity contribution in [3.63, 3.8) is 0 Å². The molecule has 0 radical (unpaired) electrons. The van der Waals surface area contributed by atoms with E-state index in [0.717, 1.165) is 17.7 Å². The smallest absolute Gasteiger partial charge is 0.0640 e. The number of pyridine rings is 1. The van der Waals surface area contributed by atoms with Gasteiger partial charge in [0, 0.05) is 18.3 Å². The highest BCUT2D eigenvalue weighted by Crippen LogP contribution is 2.27. The van der Waals surface area contributed by atoms with Crippen LogP contribution < -0.4 is 0 Å². The zero-order chi connectivity index (χ0) is 13.9. The van der Waals surface area contributed by atoms with E-state index >= 15 is 0 Å². The Labute approximate surface area is 124 Å². The van der Waals surface area contributed by atoms with E-state index in [1.807, 2.05) is 19.2 Å². The first-order valence-corrected chi connectivity index (χ1v) is 7.20. The maximum absolute atomic E-state index is 6.54. The monoisotopic (exact) mass is 281 g/mol. The first-order valence-electron chi connectivity index (χ1n) is 6.77. The van der Waals surface area contributed by atoms with Crippen LogP contribution in [0, 0.1) is 6.92 Å². The first-order chi connectivity index (χ1) is 9.72. The summed E-state index contributed by atoms with van der Waals surface area (Å²) in [6.45, 7) is 2.04. The van der Waals surface area contributed by atoms with Crippen molar-refractivity contribution in [2.24, 2.45) is 0 Å². The summed E-state index contributed by atoms with van der Waals surface area (Å²) in [7, 11) is 0. The fourth-order valence-electron chi connectivity index (χ4n) is 2.32. The standard InChI is InChI=1S/C18H16ClN/c1-13-6-9-17(20-12-13)11-18(19)16-8-7-14-4-2-3-5-15(14)10-16/h2-10,12,18H,11H2,1H3. The minimum Gasteiger partial charge on any atom is -0.261 e. The van der Waals surface area contributed by atoms with E-state index in [1.165, 1.54) is 16.3 Å². The molecule has 0 aliphatic carbocycles. The summed E-state index contributed by atoms with van der Waals surface area (Å²) >= 11 is 6.54. The van der Waals surface area contributed by atoms with E-state index < -0.39 is 0 Å². The molecule has 0 fully saturated rings. The second-order valence-electron chi connectivity index (χ2n) is 5.11. The Morgan fingerprint density at radius 1 is 1.00 bits per heavy atom. The molecule has 20 heavy (non-hydrogen) atoms. The van der Waals surface area contributed by atoms with Gasteiger partial charge in [-0.3, -0.25) is 4.98 Å². The molecule has 2 heteroatoms. The first kappa shape index (κ1) is 13.1. The van der Waals surface area contributed by atoms with Crippen molar-refractivity contribution in [2.75, 3.05) is 0 Å². The van der Waals surface area contributed by atoms with Gasteiger partial charge in [0.1, 0.15) is 0 Å². The Morgan fingerprint density at radius 2 is 1.80 bits per heavy atom. The molecular formula is C18H16ClN. The summed E-state index contributed by atoms with van der Waals surface area (Å²) in [5.41, 5.74) is 3.35. The Morgan fingerprint density at radius 3 is 2.55 bits per heavy atom. The Bertz CT molecular complexity index is 719. The molecule has 1 aromatic heterocycles. The highest BCUT2D eigenvalue weighted by molar-refractivity contribution is 6.21. The Balaban J connectivity index is 1.84. The third-order valence-electron chi connectivity index (χ3n) is 3.50. The zero-order valence-corrected chi connectivity index (χ0v) is 12.1. The van der Waals surface area contributed by atoms with Gasteiger partial charge in [0.2, 0.25) is 0 Å². The summed E-state index contributed by atoms with van der Waals surface area (Å²) in [6.07, 6.45) is 2.64. The van der Waals surface area contributed by atoms with E-state index in [2.05, 4.69) is 53.5 Å². The molecule has 0 saturated heterocycles. The number of fused-ring (bicyclic) bond motifs is 1. The van der Waals surface area contributed by atoms with Crippen LogP contribution in [0.25, 0.3) is 10.8 Å². The predicted octanol–water partition coefficient (Wildman–Crippen LogP) is 5.07. The molecule has 1 nitrogen and oxygen atoms in total. The molecule has 0 saturated carbocycles. The third kappa shape index (κ3) is 2.83. The summed E-state index contributed by atoms with van der Waals surface area (Å²) < 4.78 is 0. The highest BCUT2D eigenvalue weighted by Gasteiger charge is 2.10. The molecule has 0 bridgehead atoms. The zero-order valence-electron chi connectivity index (χ0n) is 11.4. The third-order valence-corrected chi connectivity index (χ3v) is 3.90. The molecule has 0 aliphatic heterocycles. The van der Waals surface area contributed by atoms with Crippen molar-refractivity contribution >= 4 is 22.4 Å². The van der Waals surface area contributed by atoms with Gasteiger partial charge in [-0.1, -0.05) is 42.5 Å². The van der Waals surface area contributed by atoms with Gasteiger partial charge in [-0.2, -0.15) is 0 Å². The van der Waals surface area contributed by atoms with Crippen molar-refractivity contribution in [2.45, 2.75) is 18.7 Å². The summed E-state index contributed by atoms with van der Waals surface area (Å²) in [6, 6.07) is 18.9. The molecule has 1 atom stereocenters. The molecule has 0 spiro atoms. The van der Waals surface area contributed by atoms with Crippen LogP contribution in [0.2, 0.25) is 0 Å². The molecule has 1 unspecified atom stereocenters. The molecule has 0 amide bonds. The Kier molecular flexibility index (Phi) is 3.70. The molecule has 3 aromatic rings. The minimum absolute atomic E-state index is 0.0465. The lowest BCUT2D eigenvalue weighted by Gasteiger charge is -2.10. The highest BCUT2D eigenvalue weighted by atomic mass is 35.5. The van der Waals surface area contributed by atoms with Gasteiger partial charge in [0.15, 0.2) is 0 Å². The number of benzene rings is 2. The van der Waals surface area contributed by atoms with Gasteiger partial charge in [-0.25, -0.2) is 0 Å². The molecule has 1 heterocycles. The van der Waals surface area contributed by atoms with Crippen molar-refractivity contribution in [3.05, 3.63) is 77.6 Å². The van der Waals surface area contributed by atoms with Gasteiger partial charge in [0.05, 0.1) is 5.38 Å². The number of aromatic nitrogens is 1. The summed E-state index contributed by atoms with van der Waals surface area (Å²) in [5.74, 6) is 0. The van der Waals surface area contributed by atoms with Crippen LogP contribution in [-0.2, 0) is 6.42 Å². The number of aryl methyl sites for hydroxylation is 1. The van der Waals surface area contributed by atoms with Crippen LogP contribution in [0.15, 0.2) is 60.8 Å². The second kappa shape index (κ2) is 5.64. The van der Waals surface area contributed by atoms with Crippen molar-refractivity contribution < 1.29 is 0 Å².